The van der Waals surface area contributed by atoms with Crippen molar-refractivity contribution in [3.05, 3.63) is 39.8 Å². The highest BCUT2D eigenvalue weighted by molar-refractivity contribution is 6.01. The first-order valence-electron chi connectivity index (χ1n) is 4.93. The minimum Gasteiger partial charge on any atom is -0.294 e. The van der Waals surface area contributed by atoms with Crippen LogP contribution in [0, 0.1) is 0 Å². The molecular formula is C10H8N4O2. The van der Waals surface area contributed by atoms with Crippen LogP contribution in [0.15, 0.2) is 23.0 Å². The highest BCUT2D eigenvalue weighted by Crippen LogP contribution is 2.26. The largest absolute Gasteiger partial charge is 0.365 e. The zero-order valence-corrected chi connectivity index (χ0v) is 8.30. The van der Waals surface area contributed by atoms with E-state index in [0.29, 0.717) is 24.1 Å². The third-order valence-corrected chi connectivity index (χ3v) is 2.75. The van der Waals surface area contributed by atoms with Gasteiger partial charge in [0.25, 0.3) is 0 Å². The molecule has 0 saturated heterocycles. The van der Waals surface area contributed by atoms with E-state index in [2.05, 4.69) is 15.5 Å². The fourth-order valence-corrected chi connectivity index (χ4v) is 2.03. The molecule has 0 spiro atoms. The highest BCUT2D eigenvalue weighted by Gasteiger charge is 2.23. The average Bonchev–Trinajstić information content (AvgIpc) is 2.86. The molecule has 1 aromatic carbocycles. The van der Waals surface area contributed by atoms with Gasteiger partial charge in [-0.05, 0) is 28.5 Å². The van der Waals surface area contributed by atoms with Crippen molar-refractivity contribution < 1.29 is 4.79 Å². The number of H-pyrrole nitrogens is 1. The second kappa shape index (κ2) is 3.13. The van der Waals surface area contributed by atoms with E-state index in [1.807, 2.05) is 0 Å². The van der Waals surface area contributed by atoms with Crippen molar-refractivity contribution in [1.82, 2.24) is 20.2 Å². The van der Waals surface area contributed by atoms with Gasteiger partial charge in [0.05, 0.1) is 5.69 Å². The number of nitrogens with zero attached hydrogens (tertiary/aromatic N) is 3. The number of aromatic nitrogens is 4. The van der Waals surface area contributed by atoms with E-state index in [1.54, 1.807) is 18.2 Å². The number of tetrazole rings is 1. The third-order valence-electron chi connectivity index (χ3n) is 2.75. The maximum Gasteiger partial charge on any atom is 0.365 e. The van der Waals surface area contributed by atoms with Crippen molar-refractivity contribution in [3.63, 3.8) is 0 Å². The number of nitrogens with one attached hydrogen (secondary N) is 1. The quantitative estimate of drug-likeness (QED) is 0.732. The van der Waals surface area contributed by atoms with Crippen LogP contribution in [-0.2, 0) is 6.42 Å². The zero-order chi connectivity index (χ0) is 11.1. The lowest BCUT2D eigenvalue weighted by atomic mass is 10.1. The van der Waals surface area contributed by atoms with Crippen LogP contribution >= 0.6 is 0 Å². The number of carbonyl (C=O) groups excluding carboxylic acids is 1. The summed E-state index contributed by atoms with van der Waals surface area (Å²) >= 11 is 0. The fraction of sp³-hybridized carbons (Fsp3) is 0.200. The maximum absolute atomic E-state index is 11.5. The molecule has 1 aromatic heterocycles. The molecule has 3 rings (SSSR count). The minimum atomic E-state index is -0.396. The molecule has 0 radical (unpaired) electrons. The van der Waals surface area contributed by atoms with Crippen molar-refractivity contribution in [1.29, 1.82) is 0 Å². The van der Waals surface area contributed by atoms with Gasteiger partial charge in [-0.1, -0.05) is 12.1 Å². The summed E-state index contributed by atoms with van der Waals surface area (Å²) in [7, 11) is 0. The number of aromatic amines is 1. The highest BCUT2D eigenvalue weighted by atomic mass is 16.2. The molecule has 2 aromatic rings. The molecule has 0 saturated carbocycles. The van der Waals surface area contributed by atoms with Gasteiger partial charge < -0.3 is 0 Å². The lowest BCUT2D eigenvalue weighted by Crippen LogP contribution is -2.17. The normalized spacial score (nSPS) is 14.1. The molecule has 1 aliphatic carbocycles. The van der Waals surface area contributed by atoms with Gasteiger partial charge in [-0.25, -0.2) is 9.89 Å². The maximum atomic E-state index is 11.5. The van der Waals surface area contributed by atoms with E-state index in [0.717, 1.165) is 5.56 Å². The molecule has 0 atom stereocenters. The SMILES string of the molecule is O=C1CCc2c1cccc2-n1nn[nH]c1=O. The average molecular weight is 216 g/mol. The molecule has 80 valence electrons. The number of benzene rings is 1. The van der Waals surface area contributed by atoms with E-state index in [9.17, 15) is 9.59 Å². The Labute approximate surface area is 89.9 Å². The van der Waals surface area contributed by atoms with E-state index in [4.69, 9.17) is 0 Å². The first-order valence-corrected chi connectivity index (χ1v) is 4.93. The van der Waals surface area contributed by atoms with Crippen LogP contribution in [0.5, 0.6) is 0 Å². The number of fused-ring (bicyclic) bond motifs is 1. The predicted molar refractivity (Wildman–Crippen MR) is 54.6 cm³/mol. The van der Waals surface area contributed by atoms with E-state index >= 15 is 0 Å². The van der Waals surface area contributed by atoms with Gasteiger partial charge in [0.2, 0.25) is 0 Å². The van der Waals surface area contributed by atoms with Gasteiger partial charge in [0.1, 0.15) is 0 Å². The third kappa shape index (κ3) is 1.13. The Bertz CT molecular complexity index is 626. The van der Waals surface area contributed by atoms with Crippen LogP contribution in [0.25, 0.3) is 5.69 Å². The summed E-state index contributed by atoms with van der Waals surface area (Å²) in [5, 5.41) is 9.34. The Morgan fingerprint density at radius 2 is 2.12 bits per heavy atom. The van der Waals surface area contributed by atoms with Gasteiger partial charge in [-0.15, -0.1) is 0 Å². The summed E-state index contributed by atoms with van der Waals surface area (Å²) in [4.78, 5) is 22.9. The molecule has 0 fully saturated rings. The van der Waals surface area contributed by atoms with Crippen LogP contribution in [0.1, 0.15) is 22.3 Å². The summed E-state index contributed by atoms with van der Waals surface area (Å²) < 4.78 is 1.18. The van der Waals surface area contributed by atoms with Crippen molar-refractivity contribution in [3.8, 4) is 5.69 Å². The molecule has 0 bridgehead atoms. The molecule has 1 heterocycles. The summed E-state index contributed by atoms with van der Waals surface area (Å²) in [6, 6.07) is 5.29. The lowest BCUT2D eigenvalue weighted by molar-refractivity contribution is 0.0994. The van der Waals surface area contributed by atoms with Crippen LogP contribution in [0.4, 0.5) is 0 Å². The van der Waals surface area contributed by atoms with Crippen LogP contribution < -0.4 is 5.69 Å². The molecular weight excluding hydrogens is 208 g/mol. The van der Waals surface area contributed by atoms with Gasteiger partial charge in [0.15, 0.2) is 5.78 Å². The molecule has 0 unspecified atom stereocenters. The first kappa shape index (κ1) is 9.02. The zero-order valence-electron chi connectivity index (χ0n) is 8.30. The number of hydrogen-bond acceptors (Lipinski definition) is 4. The Morgan fingerprint density at radius 1 is 1.25 bits per heavy atom. The van der Waals surface area contributed by atoms with Gasteiger partial charge in [-0.2, -0.15) is 4.68 Å². The minimum absolute atomic E-state index is 0.119. The van der Waals surface area contributed by atoms with Crippen molar-refractivity contribution in [2.24, 2.45) is 0 Å². The molecule has 0 aliphatic heterocycles. The number of hydrogen-bond donors (Lipinski definition) is 1. The Balaban J connectivity index is 2.28. The van der Waals surface area contributed by atoms with Crippen LogP contribution in [0.2, 0.25) is 0 Å². The van der Waals surface area contributed by atoms with Crippen molar-refractivity contribution in [2.45, 2.75) is 12.8 Å². The summed E-state index contributed by atoms with van der Waals surface area (Å²) in [5.41, 5.74) is 1.81. The summed E-state index contributed by atoms with van der Waals surface area (Å²) in [5.74, 6) is 0.119. The van der Waals surface area contributed by atoms with E-state index in [1.165, 1.54) is 4.68 Å². The predicted octanol–water partition coefficient (Wildman–Crippen LogP) is 0.0845. The number of carbonyl (C=O) groups is 1. The number of rotatable bonds is 1. The van der Waals surface area contributed by atoms with Crippen LogP contribution in [-0.4, -0.2) is 26.0 Å². The smallest absolute Gasteiger partial charge is 0.294 e. The fourth-order valence-electron chi connectivity index (χ4n) is 2.03. The van der Waals surface area contributed by atoms with E-state index < -0.39 is 5.69 Å². The Kier molecular flexibility index (Phi) is 1.76. The lowest BCUT2D eigenvalue weighted by Gasteiger charge is -2.04. The summed E-state index contributed by atoms with van der Waals surface area (Å²) in [6.45, 7) is 0. The molecule has 1 aliphatic rings. The van der Waals surface area contributed by atoms with Gasteiger partial charge in [-0.3, -0.25) is 4.79 Å². The number of Topliss-reactive ketones (excluding diaryl/α,β-unsaturated/α-hetero) is 1. The molecule has 1 N–H and O–H groups in total. The van der Waals surface area contributed by atoms with E-state index in [-0.39, 0.29) is 5.78 Å². The Morgan fingerprint density at radius 3 is 2.88 bits per heavy atom. The summed E-state index contributed by atoms with van der Waals surface area (Å²) in [6.07, 6.45) is 1.16. The molecule has 0 amide bonds. The number of ketones is 1. The van der Waals surface area contributed by atoms with Gasteiger partial charge in [0, 0.05) is 12.0 Å². The van der Waals surface area contributed by atoms with Crippen molar-refractivity contribution >= 4 is 5.78 Å². The molecule has 6 nitrogen and oxygen atoms in total. The van der Waals surface area contributed by atoms with Gasteiger partial charge >= 0.3 is 5.69 Å². The van der Waals surface area contributed by atoms with Crippen LogP contribution in [0.3, 0.4) is 0 Å². The molecule has 16 heavy (non-hydrogen) atoms. The second-order valence-electron chi connectivity index (χ2n) is 3.64. The Hall–Kier alpha value is -2.24. The standard InChI is InChI=1S/C10H8N4O2/c15-9-5-4-6-7(9)2-1-3-8(6)14-10(16)11-12-13-14/h1-3H,4-5H2,(H,11,13,16). The second-order valence-corrected chi connectivity index (χ2v) is 3.64. The molecule has 6 heteroatoms. The monoisotopic (exact) mass is 216 g/mol. The van der Waals surface area contributed by atoms with Crippen molar-refractivity contribution in [2.75, 3.05) is 0 Å². The topological polar surface area (TPSA) is 80.6 Å². The first-order chi connectivity index (χ1) is 7.77.